The molecule has 1 N–H and O–H groups in total. The molecule has 6 heteroatoms. The van der Waals surface area contributed by atoms with Gasteiger partial charge in [0.25, 0.3) is 0 Å². The van der Waals surface area contributed by atoms with E-state index in [-0.39, 0.29) is 37.6 Å². The third-order valence-electron chi connectivity index (χ3n) is 7.71. The average Bonchev–Trinajstić information content (AvgIpc) is 2.90. The Bertz CT molecular complexity index is 1700. The van der Waals surface area contributed by atoms with Crippen LogP contribution in [0.15, 0.2) is 73.2 Å². The van der Waals surface area contributed by atoms with Gasteiger partial charge in [-0.3, -0.25) is 9.97 Å². The van der Waals surface area contributed by atoms with Gasteiger partial charge in [-0.25, -0.2) is 4.98 Å². The number of phenols is 1. The van der Waals surface area contributed by atoms with Gasteiger partial charge in [0.1, 0.15) is 17.1 Å². The maximum absolute atomic E-state index is 10.5. The zero-order valence-electron chi connectivity index (χ0n) is 23.0. The summed E-state index contributed by atoms with van der Waals surface area (Å²) in [5.74, 6) is 0.994. The largest absolute Gasteiger partial charge is 0.506 e. The normalized spacial score (nSPS) is 13.9. The van der Waals surface area contributed by atoms with Gasteiger partial charge in [-0.1, -0.05) is 64.4 Å². The maximum atomic E-state index is 10.5. The number of phenolic OH excluding ortho intramolecular Hbond substituents is 1. The number of aryl methyl sites for hydroxylation is 1. The van der Waals surface area contributed by atoms with Crippen molar-refractivity contribution in [3.63, 3.8) is 0 Å². The first-order chi connectivity index (χ1) is 18.1. The number of aromatic hydroxyl groups is 1. The summed E-state index contributed by atoms with van der Waals surface area (Å²) in [6.45, 7) is 13.1. The van der Waals surface area contributed by atoms with Crippen LogP contribution >= 0.6 is 0 Å². The van der Waals surface area contributed by atoms with E-state index in [2.05, 4.69) is 80.9 Å². The van der Waals surface area contributed by atoms with Crippen LogP contribution in [-0.2, 0) is 31.9 Å². The molecule has 6 rings (SSSR count). The molecule has 0 atom stereocenters. The van der Waals surface area contributed by atoms with Crippen molar-refractivity contribution in [3.05, 3.63) is 102 Å². The third-order valence-corrected chi connectivity index (χ3v) is 7.71. The summed E-state index contributed by atoms with van der Waals surface area (Å²) in [5, 5.41) is 11.5. The van der Waals surface area contributed by atoms with Crippen LogP contribution in [0.2, 0.25) is 0 Å². The summed E-state index contributed by atoms with van der Waals surface area (Å²) in [6, 6.07) is 21.9. The number of anilines is 3. The van der Waals surface area contributed by atoms with Crippen LogP contribution in [0.25, 0.3) is 22.2 Å². The predicted molar refractivity (Wildman–Crippen MR) is 154 cm³/mol. The molecular formula is C33H31N4OPt-. The predicted octanol–water partition coefficient (Wildman–Crippen LogP) is 7.91. The first-order valence-corrected chi connectivity index (χ1v) is 12.9. The molecule has 4 heterocycles. The minimum Gasteiger partial charge on any atom is -0.506 e. The van der Waals surface area contributed by atoms with Crippen molar-refractivity contribution in [2.24, 2.45) is 0 Å². The fourth-order valence-electron chi connectivity index (χ4n) is 5.37. The van der Waals surface area contributed by atoms with Crippen LogP contribution in [0.4, 0.5) is 17.2 Å². The molecule has 39 heavy (non-hydrogen) atoms. The molecule has 1 aliphatic heterocycles. The third kappa shape index (κ3) is 4.43. The van der Waals surface area contributed by atoms with Gasteiger partial charge in [-0.2, -0.15) is 0 Å². The van der Waals surface area contributed by atoms with Crippen molar-refractivity contribution in [1.82, 2.24) is 15.0 Å². The second-order valence-electron chi connectivity index (χ2n) is 11.6. The van der Waals surface area contributed by atoms with Crippen LogP contribution in [-0.4, -0.2) is 20.1 Å². The molecule has 0 spiro atoms. The quantitative estimate of drug-likeness (QED) is 0.191. The summed E-state index contributed by atoms with van der Waals surface area (Å²) in [4.78, 5) is 16.4. The van der Waals surface area contributed by atoms with Crippen molar-refractivity contribution in [2.45, 2.75) is 52.4 Å². The van der Waals surface area contributed by atoms with Crippen LogP contribution in [0.3, 0.4) is 0 Å². The molecule has 1 aliphatic rings. The van der Waals surface area contributed by atoms with Gasteiger partial charge in [0.2, 0.25) is 0 Å². The smallest absolute Gasteiger partial charge is 0.140 e. The van der Waals surface area contributed by atoms with E-state index in [1.807, 2.05) is 43.7 Å². The second-order valence-corrected chi connectivity index (χ2v) is 11.6. The van der Waals surface area contributed by atoms with Crippen molar-refractivity contribution < 1.29 is 26.2 Å². The number of hydrogen-bond donors (Lipinski definition) is 1. The van der Waals surface area contributed by atoms with E-state index in [1.165, 1.54) is 11.1 Å². The van der Waals surface area contributed by atoms with Gasteiger partial charge in [0.15, 0.2) is 0 Å². The molecule has 0 amide bonds. The van der Waals surface area contributed by atoms with Crippen LogP contribution in [0, 0.1) is 13.0 Å². The summed E-state index contributed by atoms with van der Waals surface area (Å²) in [5.41, 5.74) is 8.49. The Kier molecular flexibility index (Phi) is 6.63. The van der Waals surface area contributed by atoms with Gasteiger partial charge >= 0.3 is 0 Å². The number of fused-ring (bicyclic) bond motifs is 3. The topological polar surface area (TPSA) is 62.1 Å². The van der Waals surface area contributed by atoms with Gasteiger partial charge in [-0.05, 0) is 64.0 Å². The van der Waals surface area contributed by atoms with Crippen molar-refractivity contribution in [3.8, 4) is 17.0 Å². The monoisotopic (exact) mass is 694 g/mol. The summed E-state index contributed by atoms with van der Waals surface area (Å²) in [6.07, 6.45) is 5.73. The zero-order chi connectivity index (χ0) is 26.8. The molecular weight excluding hydrogens is 663 g/mol. The molecule has 0 bridgehead atoms. The molecule has 2 aromatic carbocycles. The van der Waals surface area contributed by atoms with Gasteiger partial charge < -0.3 is 10.0 Å². The van der Waals surface area contributed by atoms with E-state index >= 15 is 0 Å². The first kappa shape index (κ1) is 27.0. The van der Waals surface area contributed by atoms with Crippen LogP contribution in [0.1, 0.15) is 56.9 Å². The van der Waals surface area contributed by atoms with Gasteiger partial charge in [0, 0.05) is 38.8 Å². The summed E-state index contributed by atoms with van der Waals surface area (Å²) in [7, 11) is 0. The summed E-state index contributed by atoms with van der Waals surface area (Å²) < 4.78 is 0. The summed E-state index contributed by atoms with van der Waals surface area (Å²) >= 11 is 0. The SMILES string of the molecule is Cc1ccc(O)c2nc(-c3[c-]c4c(cc3)C(C)(C)c3ccncc3N4c3ccc(C(C)(C)C)cn3)ccc12.[Pt]. The fourth-order valence-corrected chi connectivity index (χ4v) is 5.37. The Balaban J connectivity index is 0.00000308. The van der Waals surface area contributed by atoms with Crippen molar-refractivity contribution in [1.29, 1.82) is 0 Å². The van der Waals surface area contributed by atoms with Crippen molar-refractivity contribution >= 4 is 28.1 Å². The molecule has 0 unspecified atom stereocenters. The molecule has 0 radical (unpaired) electrons. The van der Waals surface area contributed by atoms with Crippen molar-refractivity contribution in [2.75, 3.05) is 4.90 Å². The maximum Gasteiger partial charge on any atom is 0.140 e. The number of aromatic nitrogens is 3. The van der Waals surface area contributed by atoms with E-state index in [4.69, 9.17) is 9.97 Å². The molecule has 3 aromatic heterocycles. The zero-order valence-corrected chi connectivity index (χ0v) is 25.3. The Hall–Kier alpha value is -3.56. The Morgan fingerprint density at radius 2 is 1.69 bits per heavy atom. The molecule has 200 valence electrons. The molecule has 5 aromatic rings. The molecule has 0 aliphatic carbocycles. The minimum atomic E-state index is -0.253. The van der Waals surface area contributed by atoms with E-state index in [0.29, 0.717) is 5.52 Å². The molecule has 5 nitrogen and oxygen atoms in total. The number of hydrogen-bond acceptors (Lipinski definition) is 5. The Morgan fingerprint density at radius 3 is 2.41 bits per heavy atom. The number of pyridine rings is 3. The van der Waals surface area contributed by atoms with Gasteiger partial charge in [-0.15, -0.1) is 23.8 Å². The standard InChI is InChI=1S/C33H31N4O.Pt/c1-20-7-13-29(38)31-23(20)10-12-26(36-31)21-8-11-24-27(17-21)37(28-19-34-16-15-25(28)33(24,5)6)30-14-9-22(18-35-30)32(2,3)4;/h7-16,18-19,38H,1-6H3;/q-1;. The van der Waals surface area contributed by atoms with E-state index < -0.39 is 0 Å². The van der Waals surface area contributed by atoms with Gasteiger partial charge in [0.05, 0.1) is 11.9 Å². The van der Waals surface area contributed by atoms with E-state index in [0.717, 1.165) is 45.0 Å². The minimum absolute atomic E-state index is 0. The van der Waals surface area contributed by atoms with E-state index in [9.17, 15) is 5.11 Å². The first-order valence-electron chi connectivity index (χ1n) is 12.9. The number of nitrogens with zero attached hydrogens (tertiary/aromatic N) is 4. The van der Waals surface area contributed by atoms with Crippen LogP contribution < -0.4 is 4.90 Å². The fraction of sp³-hybridized carbons (Fsp3) is 0.242. The number of benzene rings is 2. The van der Waals surface area contributed by atoms with E-state index in [1.54, 1.807) is 6.07 Å². The second kappa shape index (κ2) is 9.57. The van der Waals surface area contributed by atoms with Crippen LogP contribution in [0.5, 0.6) is 5.75 Å². The molecule has 0 saturated carbocycles. The Morgan fingerprint density at radius 1 is 0.897 bits per heavy atom. The molecule has 0 saturated heterocycles. The molecule has 0 fully saturated rings. The number of rotatable bonds is 2. The average molecular weight is 695 g/mol. The Labute approximate surface area is 244 Å².